The molecule has 3 rings (SSSR count). The van der Waals surface area contributed by atoms with E-state index in [-0.39, 0.29) is 11.8 Å². The quantitative estimate of drug-likeness (QED) is 0.934. The summed E-state index contributed by atoms with van der Waals surface area (Å²) in [5.41, 5.74) is 2.64. The number of pyridine rings is 1. The second kappa shape index (κ2) is 6.50. The van der Waals surface area contributed by atoms with Crippen LogP contribution in [0.3, 0.4) is 0 Å². The zero-order chi connectivity index (χ0) is 16.4. The summed E-state index contributed by atoms with van der Waals surface area (Å²) < 4.78 is 0. The summed E-state index contributed by atoms with van der Waals surface area (Å²) in [7, 11) is 3.91. The summed E-state index contributed by atoms with van der Waals surface area (Å²) in [4.78, 5) is 8.73. The van der Waals surface area contributed by atoms with Gasteiger partial charge in [0.15, 0.2) is 5.82 Å². The van der Waals surface area contributed by atoms with Crippen molar-refractivity contribution in [2.24, 2.45) is 0 Å². The Balaban J connectivity index is 1.78. The zero-order valence-corrected chi connectivity index (χ0v) is 13.9. The van der Waals surface area contributed by atoms with Crippen molar-refractivity contribution in [3.63, 3.8) is 0 Å². The number of aromatic hydroxyl groups is 1. The van der Waals surface area contributed by atoms with E-state index in [2.05, 4.69) is 26.1 Å². The van der Waals surface area contributed by atoms with E-state index in [1.807, 2.05) is 38.1 Å². The first kappa shape index (κ1) is 15.7. The predicted octanol–water partition coefficient (Wildman–Crippen LogP) is 2.29. The molecule has 2 aromatic rings. The largest absolute Gasteiger partial charge is 0.506 e. The lowest BCUT2D eigenvalue weighted by Gasteiger charge is -2.24. The minimum atomic E-state index is 0.237. The van der Waals surface area contributed by atoms with Crippen molar-refractivity contribution in [3.8, 4) is 5.75 Å². The average Bonchev–Trinajstić information content (AvgIpc) is 2.99. The third-order valence-corrected chi connectivity index (χ3v) is 4.28. The number of rotatable bonds is 4. The number of hydrogen-bond acceptors (Lipinski definition) is 6. The molecule has 0 spiro atoms. The van der Waals surface area contributed by atoms with Gasteiger partial charge in [-0.25, -0.2) is 0 Å². The Morgan fingerprint density at radius 2 is 2.04 bits per heavy atom. The van der Waals surface area contributed by atoms with Crippen LogP contribution in [0.15, 0.2) is 24.3 Å². The van der Waals surface area contributed by atoms with Crippen LogP contribution in [0.1, 0.15) is 36.0 Å². The van der Waals surface area contributed by atoms with Crippen molar-refractivity contribution in [2.45, 2.75) is 32.4 Å². The molecule has 2 aromatic heterocycles. The highest BCUT2D eigenvalue weighted by Crippen LogP contribution is 2.33. The van der Waals surface area contributed by atoms with Gasteiger partial charge < -0.3 is 10.0 Å². The second-order valence-electron chi connectivity index (χ2n) is 6.26. The van der Waals surface area contributed by atoms with Gasteiger partial charge in [-0.3, -0.25) is 9.88 Å². The summed E-state index contributed by atoms with van der Waals surface area (Å²) >= 11 is 0. The van der Waals surface area contributed by atoms with Crippen molar-refractivity contribution in [1.29, 1.82) is 0 Å². The number of aromatic nitrogens is 3. The van der Waals surface area contributed by atoms with Crippen LogP contribution in [0, 0.1) is 6.92 Å². The number of likely N-dealkylation sites (tertiary alicyclic amines) is 1. The maximum atomic E-state index is 10.0. The minimum Gasteiger partial charge on any atom is -0.506 e. The van der Waals surface area contributed by atoms with E-state index in [1.54, 1.807) is 6.07 Å². The third kappa shape index (κ3) is 3.42. The Morgan fingerprint density at radius 1 is 1.22 bits per heavy atom. The minimum absolute atomic E-state index is 0.237. The Morgan fingerprint density at radius 3 is 2.74 bits per heavy atom. The van der Waals surface area contributed by atoms with Crippen LogP contribution in [0.4, 0.5) is 5.82 Å². The molecule has 23 heavy (non-hydrogen) atoms. The number of anilines is 1. The molecule has 1 atom stereocenters. The van der Waals surface area contributed by atoms with Crippen molar-refractivity contribution >= 4 is 5.82 Å². The van der Waals surface area contributed by atoms with Gasteiger partial charge in [-0.15, -0.1) is 5.10 Å². The van der Waals surface area contributed by atoms with Gasteiger partial charge in [0, 0.05) is 26.3 Å². The van der Waals surface area contributed by atoms with E-state index in [0.717, 1.165) is 42.3 Å². The Kier molecular flexibility index (Phi) is 4.43. The molecule has 1 fully saturated rings. The van der Waals surface area contributed by atoms with Gasteiger partial charge in [0.25, 0.3) is 0 Å². The first-order chi connectivity index (χ1) is 11.0. The van der Waals surface area contributed by atoms with Gasteiger partial charge in [0.2, 0.25) is 0 Å². The van der Waals surface area contributed by atoms with E-state index in [4.69, 9.17) is 0 Å². The van der Waals surface area contributed by atoms with Gasteiger partial charge >= 0.3 is 0 Å². The first-order valence-corrected chi connectivity index (χ1v) is 7.95. The van der Waals surface area contributed by atoms with E-state index >= 15 is 0 Å². The van der Waals surface area contributed by atoms with Crippen molar-refractivity contribution in [3.05, 3.63) is 41.3 Å². The number of nitrogens with zero attached hydrogens (tertiary/aromatic N) is 5. The number of aryl methyl sites for hydroxylation is 1. The first-order valence-electron chi connectivity index (χ1n) is 7.95. The molecule has 0 radical (unpaired) electrons. The lowest BCUT2D eigenvalue weighted by Crippen LogP contribution is -2.24. The SMILES string of the molecule is Cc1ccc(O)c(CN2CCCC2c2ccc(N(C)C)nn2)n1. The van der Waals surface area contributed by atoms with Crippen molar-refractivity contribution in [2.75, 3.05) is 25.5 Å². The smallest absolute Gasteiger partial charge is 0.150 e. The average molecular weight is 313 g/mol. The van der Waals surface area contributed by atoms with E-state index in [1.165, 1.54) is 0 Å². The highest BCUT2D eigenvalue weighted by Gasteiger charge is 2.28. The van der Waals surface area contributed by atoms with Gasteiger partial charge in [-0.2, -0.15) is 5.10 Å². The Labute approximate surface area is 136 Å². The van der Waals surface area contributed by atoms with Crippen LogP contribution in [0.5, 0.6) is 5.75 Å². The maximum Gasteiger partial charge on any atom is 0.150 e. The lowest BCUT2D eigenvalue weighted by atomic mass is 10.1. The predicted molar refractivity (Wildman–Crippen MR) is 89.4 cm³/mol. The van der Waals surface area contributed by atoms with Crippen LogP contribution in [0.25, 0.3) is 0 Å². The van der Waals surface area contributed by atoms with Crippen LogP contribution >= 0.6 is 0 Å². The molecule has 0 bridgehead atoms. The summed E-state index contributed by atoms with van der Waals surface area (Å²) in [5, 5.41) is 18.7. The van der Waals surface area contributed by atoms with Gasteiger partial charge in [0.05, 0.1) is 17.4 Å². The van der Waals surface area contributed by atoms with Crippen LogP contribution in [-0.4, -0.2) is 45.8 Å². The molecular formula is C17H23N5O. The molecule has 3 heterocycles. The normalized spacial score (nSPS) is 18.3. The molecule has 1 unspecified atom stereocenters. The molecule has 0 aromatic carbocycles. The van der Waals surface area contributed by atoms with Gasteiger partial charge in [-0.1, -0.05) is 0 Å². The molecule has 0 saturated carbocycles. The molecule has 1 saturated heterocycles. The molecular weight excluding hydrogens is 290 g/mol. The van der Waals surface area contributed by atoms with Gasteiger partial charge in [0.1, 0.15) is 5.75 Å². The number of hydrogen-bond donors (Lipinski definition) is 1. The van der Waals surface area contributed by atoms with E-state index in [0.29, 0.717) is 6.54 Å². The Bertz CT molecular complexity index is 671. The molecule has 122 valence electrons. The topological polar surface area (TPSA) is 65.4 Å². The van der Waals surface area contributed by atoms with Crippen LogP contribution in [-0.2, 0) is 6.54 Å². The second-order valence-corrected chi connectivity index (χ2v) is 6.26. The Hall–Kier alpha value is -2.21. The summed E-state index contributed by atoms with van der Waals surface area (Å²) in [6.07, 6.45) is 2.18. The molecule has 6 heteroatoms. The molecule has 1 aliphatic heterocycles. The molecule has 1 aliphatic rings. The highest BCUT2D eigenvalue weighted by molar-refractivity contribution is 5.35. The van der Waals surface area contributed by atoms with E-state index < -0.39 is 0 Å². The molecule has 0 amide bonds. The monoisotopic (exact) mass is 313 g/mol. The third-order valence-electron chi connectivity index (χ3n) is 4.28. The maximum absolute atomic E-state index is 10.0. The van der Waals surface area contributed by atoms with Crippen LogP contribution < -0.4 is 4.90 Å². The zero-order valence-electron chi connectivity index (χ0n) is 13.9. The van der Waals surface area contributed by atoms with Crippen molar-refractivity contribution < 1.29 is 5.11 Å². The van der Waals surface area contributed by atoms with Crippen LogP contribution in [0.2, 0.25) is 0 Å². The summed E-state index contributed by atoms with van der Waals surface area (Å²) in [6.45, 7) is 3.56. The summed E-state index contributed by atoms with van der Waals surface area (Å²) in [6, 6.07) is 7.83. The van der Waals surface area contributed by atoms with Gasteiger partial charge in [-0.05, 0) is 50.6 Å². The lowest BCUT2D eigenvalue weighted by molar-refractivity contribution is 0.237. The highest BCUT2D eigenvalue weighted by atomic mass is 16.3. The van der Waals surface area contributed by atoms with E-state index in [9.17, 15) is 5.11 Å². The van der Waals surface area contributed by atoms with Crippen molar-refractivity contribution in [1.82, 2.24) is 20.1 Å². The fourth-order valence-corrected chi connectivity index (χ4v) is 3.01. The fraction of sp³-hybridized carbons (Fsp3) is 0.471. The summed E-state index contributed by atoms with van der Waals surface area (Å²) in [5.74, 6) is 1.12. The molecule has 6 nitrogen and oxygen atoms in total. The fourth-order valence-electron chi connectivity index (χ4n) is 3.01. The molecule has 0 aliphatic carbocycles. The standard InChI is InChI=1S/C17H23N5O/c1-12-6-8-16(23)14(18-12)11-22-10-4-5-15(22)13-7-9-17(20-19-13)21(2)3/h6-9,15,23H,4-5,10-11H2,1-3H3. The molecule has 1 N–H and O–H groups in total.